The Morgan fingerprint density at radius 2 is 2.40 bits per heavy atom. The molecule has 6 nitrogen and oxygen atoms in total. The number of amides is 1. The van der Waals surface area contributed by atoms with E-state index in [1.807, 2.05) is 17.5 Å². The highest BCUT2D eigenvalue weighted by atomic mass is 32.2. The molecule has 1 aliphatic heterocycles. The molecule has 1 amide bonds. The zero-order valence-corrected chi connectivity index (χ0v) is 16.2. The van der Waals surface area contributed by atoms with Crippen molar-refractivity contribution in [2.75, 3.05) is 18.9 Å². The van der Waals surface area contributed by atoms with Gasteiger partial charge in [0.05, 0.1) is 23.3 Å². The summed E-state index contributed by atoms with van der Waals surface area (Å²) in [5.74, 6) is 1.68. The number of hydrogen-bond donors (Lipinski definition) is 1. The van der Waals surface area contributed by atoms with E-state index < -0.39 is 0 Å². The summed E-state index contributed by atoms with van der Waals surface area (Å²) in [6.07, 6.45) is 2.35. The van der Waals surface area contributed by atoms with Gasteiger partial charge in [-0.05, 0) is 30.2 Å². The number of aromatic nitrogens is 3. The minimum atomic E-state index is 0.0306. The van der Waals surface area contributed by atoms with Crippen molar-refractivity contribution in [1.82, 2.24) is 20.1 Å². The predicted octanol–water partition coefficient (Wildman–Crippen LogP) is 3.05. The van der Waals surface area contributed by atoms with Gasteiger partial charge < -0.3 is 10.1 Å². The van der Waals surface area contributed by atoms with Crippen LogP contribution in [0.1, 0.15) is 26.7 Å². The first-order valence-electron chi connectivity index (χ1n) is 8.61. The highest BCUT2D eigenvalue weighted by Gasteiger charge is 2.22. The second kappa shape index (κ2) is 8.82. The van der Waals surface area contributed by atoms with Gasteiger partial charge in [0.2, 0.25) is 5.91 Å². The Balaban J connectivity index is 1.70. The first kappa shape index (κ1) is 18.4. The molecule has 2 aromatic heterocycles. The van der Waals surface area contributed by atoms with Crippen molar-refractivity contribution in [3.63, 3.8) is 0 Å². The number of ether oxygens (including phenoxy) is 1. The quantitative estimate of drug-likeness (QED) is 0.713. The first-order valence-corrected chi connectivity index (χ1v) is 10.5. The second-order valence-corrected chi connectivity index (χ2v) is 8.41. The molecule has 2 aromatic rings. The largest absolute Gasteiger partial charge is 0.376 e. The Morgan fingerprint density at radius 1 is 1.52 bits per heavy atom. The zero-order valence-electron chi connectivity index (χ0n) is 14.6. The van der Waals surface area contributed by atoms with Gasteiger partial charge in [-0.25, -0.2) is 0 Å². The van der Waals surface area contributed by atoms with E-state index in [1.165, 1.54) is 11.8 Å². The Morgan fingerprint density at radius 3 is 3.08 bits per heavy atom. The van der Waals surface area contributed by atoms with Gasteiger partial charge in [0.1, 0.15) is 0 Å². The van der Waals surface area contributed by atoms with Crippen LogP contribution in [0.2, 0.25) is 0 Å². The third kappa shape index (κ3) is 5.05. The van der Waals surface area contributed by atoms with Crippen molar-refractivity contribution in [1.29, 1.82) is 0 Å². The number of nitrogens with one attached hydrogen (secondary N) is 1. The molecule has 1 aliphatic rings. The van der Waals surface area contributed by atoms with Gasteiger partial charge in [0.25, 0.3) is 0 Å². The van der Waals surface area contributed by atoms with E-state index in [1.54, 1.807) is 11.3 Å². The van der Waals surface area contributed by atoms with Crippen LogP contribution in [0, 0.1) is 5.92 Å². The third-order valence-electron chi connectivity index (χ3n) is 3.91. The fourth-order valence-electron chi connectivity index (χ4n) is 2.64. The van der Waals surface area contributed by atoms with Crippen LogP contribution in [-0.4, -0.2) is 45.7 Å². The molecule has 0 saturated carbocycles. The lowest BCUT2D eigenvalue weighted by molar-refractivity contribution is -0.118. The van der Waals surface area contributed by atoms with Crippen molar-refractivity contribution >= 4 is 29.0 Å². The molecule has 1 fully saturated rings. The summed E-state index contributed by atoms with van der Waals surface area (Å²) in [4.78, 5) is 13.1. The maximum Gasteiger partial charge on any atom is 0.230 e. The van der Waals surface area contributed by atoms with Crippen molar-refractivity contribution in [2.24, 2.45) is 5.92 Å². The predicted molar refractivity (Wildman–Crippen MR) is 101 cm³/mol. The van der Waals surface area contributed by atoms with E-state index in [4.69, 9.17) is 4.74 Å². The maximum absolute atomic E-state index is 12.0. The van der Waals surface area contributed by atoms with E-state index >= 15 is 0 Å². The van der Waals surface area contributed by atoms with E-state index in [2.05, 4.69) is 33.9 Å². The number of thioether (sulfide) groups is 1. The van der Waals surface area contributed by atoms with Crippen LogP contribution in [0.25, 0.3) is 10.7 Å². The monoisotopic (exact) mass is 380 g/mol. The molecule has 1 atom stereocenters. The molecule has 25 heavy (non-hydrogen) atoms. The lowest BCUT2D eigenvalue weighted by atomic mass is 10.2. The number of nitrogens with zero attached hydrogens (tertiary/aromatic N) is 3. The van der Waals surface area contributed by atoms with Gasteiger partial charge in [-0.3, -0.25) is 9.36 Å². The number of carbonyl (C=O) groups is 1. The molecule has 0 bridgehead atoms. The van der Waals surface area contributed by atoms with Crippen LogP contribution in [-0.2, 0) is 16.1 Å². The number of rotatable bonds is 8. The van der Waals surface area contributed by atoms with Gasteiger partial charge in [-0.15, -0.1) is 21.5 Å². The van der Waals surface area contributed by atoms with Crippen molar-refractivity contribution in [2.45, 2.75) is 44.5 Å². The molecule has 1 saturated heterocycles. The molecule has 3 heterocycles. The molecule has 0 radical (unpaired) electrons. The summed E-state index contributed by atoms with van der Waals surface area (Å²) in [7, 11) is 0. The average Bonchev–Trinajstić information content (AvgIpc) is 3.33. The van der Waals surface area contributed by atoms with Crippen LogP contribution >= 0.6 is 23.1 Å². The number of thiophene rings is 1. The van der Waals surface area contributed by atoms with Crippen LogP contribution < -0.4 is 5.32 Å². The molecule has 0 spiro atoms. The van der Waals surface area contributed by atoms with Crippen molar-refractivity contribution in [3.8, 4) is 10.7 Å². The second-order valence-electron chi connectivity index (χ2n) is 6.52. The van der Waals surface area contributed by atoms with Crippen LogP contribution in [0.3, 0.4) is 0 Å². The fraction of sp³-hybridized carbons (Fsp3) is 0.588. The molecular weight excluding hydrogens is 356 g/mol. The highest BCUT2D eigenvalue weighted by molar-refractivity contribution is 7.99. The molecule has 136 valence electrons. The third-order valence-corrected chi connectivity index (χ3v) is 5.74. The molecule has 1 unspecified atom stereocenters. The summed E-state index contributed by atoms with van der Waals surface area (Å²) in [5, 5.41) is 14.4. The standard InChI is InChI=1S/C17H24N4O2S2/c1-12(2)9-18-15(22)11-25-17-20-19-16(14-6-4-8-24-14)21(17)10-13-5-3-7-23-13/h4,6,8,12-13H,3,5,7,9-11H2,1-2H3,(H,18,22). The SMILES string of the molecule is CC(C)CNC(=O)CSc1nnc(-c2cccs2)n1CC1CCCO1. The smallest absolute Gasteiger partial charge is 0.230 e. The Labute approximate surface area is 156 Å². The fourth-order valence-corrected chi connectivity index (χ4v) is 4.13. The average molecular weight is 381 g/mol. The van der Waals surface area contributed by atoms with E-state index in [0.29, 0.717) is 18.2 Å². The maximum atomic E-state index is 12.0. The van der Waals surface area contributed by atoms with Gasteiger partial charge in [-0.2, -0.15) is 0 Å². The minimum Gasteiger partial charge on any atom is -0.376 e. The summed E-state index contributed by atoms with van der Waals surface area (Å²) in [6.45, 7) is 6.41. The van der Waals surface area contributed by atoms with Gasteiger partial charge in [0.15, 0.2) is 11.0 Å². The number of carbonyl (C=O) groups excluding carboxylic acids is 1. The molecule has 0 aliphatic carbocycles. The summed E-state index contributed by atoms with van der Waals surface area (Å²) in [5.41, 5.74) is 0. The minimum absolute atomic E-state index is 0.0306. The van der Waals surface area contributed by atoms with Crippen LogP contribution in [0.5, 0.6) is 0 Å². The molecule has 0 aromatic carbocycles. The van der Waals surface area contributed by atoms with Crippen molar-refractivity contribution < 1.29 is 9.53 Å². The highest BCUT2D eigenvalue weighted by Crippen LogP contribution is 2.28. The van der Waals surface area contributed by atoms with E-state index in [-0.39, 0.29) is 12.0 Å². The lowest BCUT2D eigenvalue weighted by Crippen LogP contribution is -2.29. The molecule has 1 N–H and O–H groups in total. The molecule has 8 heteroatoms. The summed E-state index contributed by atoms with van der Waals surface area (Å²) in [6, 6.07) is 4.06. The summed E-state index contributed by atoms with van der Waals surface area (Å²) < 4.78 is 7.88. The van der Waals surface area contributed by atoms with E-state index in [9.17, 15) is 4.79 Å². The Bertz CT molecular complexity index is 679. The van der Waals surface area contributed by atoms with Gasteiger partial charge >= 0.3 is 0 Å². The Hall–Kier alpha value is -1.38. The van der Waals surface area contributed by atoms with Crippen LogP contribution in [0.15, 0.2) is 22.7 Å². The molecule has 3 rings (SSSR count). The van der Waals surface area contributed by atoms with Gasteiger partial charge in [0, 0.05) is 13.2 Å². The lowest BCUT2D eigenvalue weighted by Gasteiger charge is -2.14. The zero-order chi connectivity index (χ0) is 17.6. The summed E-state index contributed by atoms with van der Waals surface area (Å²) >= 11 is 3.08. The topological polar surface area (TPSA) is 69.0 Å². The number of hydrogen-bond acceptors (Lipinski definition) is 6. The Kier molecular flexibility index (Phi) is 6.50. The van der Waals surface area contributed by atoms with Gasteiger partial charge in [-0.1, -0.05) is 31.7 Å². The van der Waals surface area contributed by atoms with Crippen LogP contribution in [0.4, 0.5) is 0 Å². The van der Waals surface area contributed by atoms with E-state index in [0.717, 1.165) is 41.9 Å². The normalized spacial score (nSPS) is 17.3. The van der Waals surface area contributed by atoms with Crippen molar-refractivity contribution in [3.05, 3.63) is 17.5 Å². The molecular formula is C17H24N4O2S2. The first-order chi connectivity index (χ1) is 12.1.